The molecule has 4 nitrogen and oxygen atoms in total. The largest absolute Gasteiger partial charge is 0.505 e. The average molecular weight is 244 g/mol. The number of hydrogen-bond donors (Lipinski definition) is 1. The predicted octanol–water partition coefficient (Wildman–Crippen LogP) is 2.51. The first-order chi connectivity index (χ1) is 7.28. The maximum atomic E-state index is 11.5. The Morgan fingerprint density at radius 2 is 2.12 bits per heavy atom. The Morgan fingerprint density at radius 3 is 2.69 bits per heavy atom. The zero-order valence-corrected chi connectivity index (χ0v) is 10.6. The molecular weight excluding hydrogens is 228 g/mol. The van der Waals surface area contributed by atoms with E-state index < -0.39 is 11.7 Å². The number of hydrogen-bond acceptors (Lipinski definition) is 2. The van der Waals surface area contributed by atoms with Crippen molar-refractivity contribution in [2.45, 2.75) is 26.4 Å². The Labute approximate surface area is 100 Å². The van der Waals surface area contributed by atoms with Gasteiger partial charge < -0.3 is 4.74 Å². The Balaban J connectivity index is 2.73. The highest BCUT2D eigenvalue weighted by atomic mass is 35.5. The summed E-state index contributed by atoms with van der Waals surface area (Å²) < 4.78 is 6.88. The van der Waals surface area contributed by atoms with Crippen molar-refractivity contribution in [3.05, 3.63) is 23.4 Å². The Morgan fingerprint density at radius 1 is 1.50 bits per heavy atom. The van der Waals surface area contributed by atoms with Crippen LogP contribution in [0.2, 0.25) is 5.02 Å². The lowest BCUT2D eigenvalue weighted by molar-refractivity contribution is -0.657. The van der Waals surface area contributed by atoms with Crippen LogP contribution in [0.3, 0.4) is 0 Å². The fraction of sp³-hybridized carbons (Fsp3) is 0.455. The van der Waals surface area contributed by atoms with E-state index in [0.717, 1.165) is 0 Å². The standard InChI is InChI=1S/C11H15ClN2O2/c1-11(2,3)16-10(15)13-9-7-8(12)5-6-14(9)4/h5-7H,1-4H3/p+1. The highest BCUT2D eigenvalue weighted by molar-refractivity contribution is 6.30. The van der Waals surface area contributed by atoms with Crippen molar-refractivity contribution in [3.63, 3.8) is 0 Å². The zero-order chi connectivity index (χ0) is 12.3. The third-order valence-corrected chi connectivity index (χ3v) is 1.98. The minimum Gasteiger partial charge on any atom is -0.426 e. The van der Waals surface area contributed by atoms with Gasteiger partial charge in [-0.15, -0.1) is 0 Å². The van der Waals surface area contributed by atoms with Gasteiger partial charge in [-0.25, -0.2) is 4.57 Å². The van der Waals surface area contributed by atoms with Crippen molar-refractivity contribution >= 4 is 23.5 Å². The third kappa shape index (κ3) is 4.06. The van der Waals surface area contributed by atoms with Crippen LogP contribution in [-0.2, 0) is 11.8 Å². The molecule has 0 aliphatic heterocycles. The number of anilines is 1. The number of rotatable bonds is 1. The molecule has 0 aromatic carbocycles. The molecule has 1 amide bonds. The molecule has 0 aliphatic carbocycles. The van der Waals surface area contributed by atoms with Crippen molar-refractivity contribution in [1.29, 1.82) is 0 Å². The molecule has 1 heterocycles. The van der Waals surface area contributed by atoms with E-state index in [0.29, 0.717) is 10.8 Å². The average Bonchev–Trinajstić information content (AvgIpc) is 2.08. The van der Waals surface area contributed by atoms with Crippen molar-refractivity contribution in [2.75, 3.05) is 5.32 Å². The minimum atomic E-state index is -0.513. The molecule has 0 saturated carbocycles. The number of nitrogens with one attached hydrogen (secondary N) is 1. The van der Waals surface area contributed by atoms with Crippen molar-refractivity contribution in [1.82, 2.24) is 0 Å². The molecule has 0 aliphatic rings. The molecule has 1 aromatic heterocycles. The number of carbonyl (C=O) groups excluding carboxylic acids is 1. The first-order valence-electron chi connectivity index (χ1n) is 4.93. The van der Waals surface area contributed by atoms with E-state index in [4.69, 9.17) is 16.3 Å². The topological polar surface area (TPSA) is 42.2 Å². The lowest BCUT2D eigenvalue weighted by atomic mass is 10.2. The SMILES string of the molecule is C[n+]1ccc(Cl)cc1NC(=O)OC(C)(C)C. The van der Waals surface area contributed by atoms with E-state index in [-0.39, 0.29) is 0 Å². The summed E-state index contributed by atoms with van der Waals surface area (Å²) >= 11 is 5.83. The number of aromatic nitrogens is 1. The molecule has 0 bridgehead atoms. The van der Waals surface area contributed by atoms with Gasteiger partial charge in [0, 0.05) is 6.07 Å². The van der Waals surface area contributed by atoms with Gasteiger partial charge in [0.1, 0.15) is 5.60 Å². The summed E-state index contributed by atoms with van der Waals surface area (Å²) in [5.74, 6) is 0.585. The molecule has 1 rings (SSSR count). The van der Waals surface area contributed by atoms with E-state index >= 15 is 0 Å². The normalized spacial score (nSPS) is 11.1. The van der Waals surface area contributed by atoms with E-state index in [9.17, 15) is 4.79 Å². The van der Waals surface area contributed by atoms with E-state index in [1.54, 1.807) is 22.9 Å². The summed E-state index contributed by atoms with van der Waals surface area (Å²) in [6.45, 7) is 5.43. The van der Waals surface area contributed by atoms with Gasteiger partial charge in [-0.3, -0.25) is 0 Å². The zero-order valence-electron chi connectivity index (χ0n) is 9.87. The predicted molar refractivity (Wildman–Crippen MR) is 62.5 cm³/mol. The van der Waals surface area contributed by atoms with Crippen LogP contribution < -0.4 is 9.88 Å². The second kappa shape index (κ2) is 4.70. The van der Waals surface area contributed by atoms with E-state index in [1.165, 1.54) is 0 Å². The van der Waals surface area contributed by atoms with Crippen LogP contribution in [0.4, 0.5) is 10.6 Å². The molecule has 88 valence electrons. The summed E-state index contributed by atoms with van der Waals surface area (Å²) in [7, 11) is 1.81. The number of aryl methyl sites for hydroxylation is 1. The molecule has 5 heteroatoms. The van der Waals surface area contributed by atoms with Gasteiger partial charge in [-0.1, -0.05) is 11.6 Å². The van der Waals surface area contributed by atoms with Gasteiger partial charge in [0.25, 0.3) is 5.82 Å². The Hall–Kier alpha value is -1.29. The highest BCUT2D eigenvalue weighted by Crippen LogP contribution is 2.12. The van der Waals surface area contributed by atoms with Crippen LogP contribution in [-0.4, -0.2) is 11.7 Å². The van der Waals surface area contributed by atoms with Gasteiger partial charge in [0.15, 0.2) is 0 Å². The fourth-order valence-corrected chi connectivity index (χ4v) is 1.24. The van der Waals surface area contributed by atoms with Gasteiger partial charge in [-0.05, 0) is 26.8 Å². The number of pyridine rings is 1. The molecule has 0 atom stereocenters. The van der Waals surface area contributed by atoms with Gasteiger partial charge in [0.05, 0.1) is 18.3 Å². The van der Waals surface area contributed by atoms with Crippen molar-refractivity contribution in [2.24, 2.45) is 7.05 Å². The summed E-state index contributed by atoms with van der Waals surface area (Å²) in [6, 6.07) is 3.40. The number of carbonyl (C=O) groups is 1. The highest BCUT2D eigenvalue weighted by Gasteiger charge is 2.21. The van der Waals surface area contributed by atoms with Crippen LogP contribution in [0.5, 0.6) is 0 Å². The number of nitrogens with zero attached hydrogens (tertiary/aromatic N) is 1. The Bertz CT molecular complexity index is 399. The van der Waals surface area contributed by atoms with Gasteiger partial charge in [0.2, 0.25) is 0 Å². The van der Waals surface area contributed by atoms with E-state index in [2.05, 4.69) is 5.32 Å². The van der Waals surface area contributed by atoms with Crippen molar-refractivity contribution < 1.29 is 14.1 Å². The van der Waals surface area contributed by atoms with Crippen LogP contribution in [0.25, 0.3) is 0 Å². The van der Waals surface area contributed by atoms with Crippen molar-refractivity contribution in [3.8, 4) is 0 Å². The molecule has 1 aromatic rings. The summed E-state index contributed by atoms with van der Waals surface area (Å²) in [4.78, 5) is 11.5. The molecule has 0 saturated heterocycles. The maximum Gasteiger partial charge on any atom is 0.505 e. The third-order valence-electron chi connectivity index (χ3n) is 1.74. The lowest BCUT2D eigenvalue weighted by Crippen LogP contribution is -2.36. The molecule has 0 unspecified atom stereocenters. The molecule has 0 spiro atoms. The maximum absolute atomic E-state index is 11.5. The summed E-state index contributed by atoms with van der Waals surface area (Å²) in [5.41, 5.74) is -0.513. The second-order valence-electron chi connectivity index (χ2n) is 4.47. The number of ether oxygens (including phenoxy) is 1. The molecule has 16 heavy (non-hydrogen) atoms. The van der Waals surface area contributed by atoms with Crippen LogP contribution in [0, 0.1) is 0 Å². The molecule has 1 N–H and O–H groups in total. The second-order valence-corrected chi connectivity index (χ2v) is 4.90. The minimum absolute atomic E-state index is 0.495. The van der Waals surface area contributed by atoms with Gasteiger partial charge >= 0.3 is 6.09 Å². The fourth-order valence-electron chi connectivity index (χ4n) is 1.08. The quantitative estimate of drug-likeness (QED) is 0.770. The first-order valence-corrected chi connectivity index (χ1v) is 5.31. The number of amides is 1. The lowest BCUT2D eigenvalue weighted by Gasteiger charge is -2.17. The first kappa shape index (κ1) is 12.8. The molecular formula is C11H16ClN2O2+. The Kier molecular flexibility index (Phi) is 3.75. The van der Waals surface area contributed by atoms with Crippen LogP contribution >= 0.6 is 11.6 Å². The number of halogens is 1. The summed E-state index contributed by atoms with van der Waals surface area (Å²) in [5, 5.41) is 3.18. The monoisotopic (exact) mass is 243 g/mol. The molecule has 0 radical (unpaired) electrons. The van der Waals surface area contributed by atoms with Crippen LogP contribution in [0.1, 0.15) is 20.8 Å². The summed E-state index contributed by atoms with van der Waals surface area (Å²) in [6.07, 6.45) is 1.26. The van der Waals surface area contributed by atoms with Gasteiger partial charge in [-0.2, -0.15) is 10.1 Å². The van der Waals surface area contributed by atoms with E-state index in [1.807, 2.05) is 27.8 Å². The smallest absolute Gasteiger partial charge is 0.426 e. The van der Waals surface area contributed by atoms with Crippen LogP contribution in [0.15, 0.2) is 18.3 Å². The molecule has 0 fully saturated rings.